The highest BCUT2D eigenvalue weighted by Gasteiger charge is 2.15. The van der Waals surface area contributed by atoms with Crippen molar-refractivity contribution in [2.75, 3.05) is 0 Å². The molecule has 0 radical (unpaired) electrons. The summed E-state index contributed by atoms with van der Waals surface area (Å²) in [5.41, 5.74) is 16.8. The first-order chi connectivity index (χ1) is 31.2. The topological polar surface area (TPSA) is 77.6 Å². The van der Waals surface area contributed by atoms with Gasteiger partial charge in [-0.2, -0.15) is 0 Å². The summed E-state index contributed by atoms with van der Waals surface area (Å²) >= 11 is 0. The van der Waals surface area contributed by atoms with E-state index in [4.69, 9.17) is 29.3 Å². The zero-order chi connectivity index (χ0) is 41.7. The standard InChI is InChI=1S/C57H35N5O/c1-3-10-36(11-4-1)37-24-30-44(31-25-37)56-60-55(43-12-5-2-6-13-43)61-57(62-56)45-32-26-41(27-33-45)39-20-18-38(19-21-39)40-22-28-42(29-23-40)46-15-9-16-49-54(46)59-50-34-48-47-14-7-8-17-52(47)63-53(48)35-51(50)58-49/h1-35H. The van der Waals surface area contributed by atoms with Crippen LogP contribution in [0.2, 0.25) is 0 Å². The van der Waals surface area contributed by atoms with Crippen molar-refractivity contribution in [1.29, 1.82) is 0 Å². The molecule has 0 amide bonds. The van der Waals surface area contributed by atoms with Gasteiger partial charge < -0.3 is 4.42 Å². The molecule has 3 heterocycles. The molecule has 0 aliphatic heterocycles. The molecular formula is C57H35N5O. The summed E-state index contributed by atoms with van der Waals surface area (Å²) in [4.78, 5) is 25.0. The monoisotopic (exact) mass is 805 g/mol. The summed E-state index contributed by atoms with van der Waals surface area (Å²) in [6.45, 7) is 0. The van der Waals surface area contributed by atoms with E-state index in [0.717, 1.165) is 99.6 Å². The van der Waals surface area contributed by atoms with Gasteiger partial charge in [-0.05, 0) is 57.1 Å². The number of nitrogens with zero attached hydrogens (tertiary/aromatic N) is 5. The van der Waals surface area contributed by atoms with Crippen LogP contribution in [0, 0.1) is 0 Å². The molecule has 0 saturated carbocycles. The zero-order valence-corrected chi connectivity index (χ0v) is 33.9. The fourth-order valence-electron chi connectivity index (χ4n) is 8.45. The Morgan fingerprint density at radius 3 is 1.24 bits per heavy atom. The molecule has 294 valence electrons. The van der Waals surface area contributed by atoms with Gasteiger partial charge in [-0.1, -0.05) is 188 Å². The zero-order valence-electron chi connectivity index (χ0n) is 33.9. The van der Waals surface area contributed by atoms with Crippen molar-refractivity contribution < 1.29 is 4.42 Å². The third kappa shape index (κ3) is 6.76. The van der Waals surface area contributed by atoms with Crippen LogP contribution in [0.5, 0.6) is 0 Å². The van der Waals surface area contributed by atoms with Crippen molar-refractivity contribution in [3.63, 3.8) is 0 Å². The Bertz CT molecular complexity index is 3620. The van der Waals surface area contributed by atoms with Crippen molar-refractivity contribution in [3.05, 3.63) is 212 Å². The smallest absolute Gasteiger partial charge is 0.164 e. The Labute approximate surface area is 362 Å². The first kappa shape index (κ1) is 36.3. The summed E-state index contributed by atoms with van der Waals surface area (Å²) in [6.07, 6.45) is 0. The second-order valence-electron chi connectivity index (χ2n) is 15.7. The quantitative estimate of drug-likeness (QED) is 0.149. The lowest BCUT2D eigenvalue weighted by atomic mass is 9.97. The average Bonchev–Trinajstić information content (AvgIpc) is 3.72. The molecule has 9 aromatic carbocycles. The number of hydrogen-bond acceptors (Lipinski definition) is 6. The number of aromatic nitrogens is 5. The number of para-hydroxylation sites is 2. The fourth-order valence-corrected chi connectivity index (χ4v) is 8.45. The van der Waals surface area contributed by atoms with Gasteiger partial charge in [-0.3, -0.25) is 0 Å². The Hall–Kier alpha value is -8.61. The molecule has 0 fully saturated rings. The molecule has 0 bridgehead atoms. The van der Waals surface area contributed by atoms with E-state index in [1.54, 1.807) is 0 Å². The number of furan rings is 1. The average molecular weight is 806 g/mol. The Morgan fingerprint density at radius 1 is 0.254 bits per heavy atom. The van der Waals surface area contributed by atoms with Crippen LogP contribution in [0.3, 0.4) is 0 Å². The van der Waals surface area contributed by atoms with Crippen LogP contribution in [-0.4, -0.2) is 24.9 Å². The molecule has 0 saturated heterocycles. The van der Waals surface area contributed by atoms with Crippen LogP contribution in [-0.2, 0) is 0 Å². The minimum absolute atomic E-state index is 0.629. The molecule has 0 atom stereocenters. The van der Waals surface area contributed by atoms with Gasteiger partial charge in [0.15, 0.2) is 17.5 Å². The first-order valence-corrected chi connectivity index (χ1v) is 21.0. The SMILES string of the molecule is c1ccc(-c2ccc(-c3nc(-c4ccccc4)nc(-c4ccc(-c5ccc(-c6ccc(-c7cccc8nc9cc%10oc%11ccccc%11c%10cc9nc78)cc6)cc5)cc4)n3)cc2)cc1. The molecule has 0 unspecified atom stereocenters. The second kappa shape index (κ2) is 15.1. The minimum Gasteiger partial charge on any atom is -0.456 e. The van der Waals surface area contributed by atoms with Gasteiger partial charge in [-0.25, -0.2) is 24.9 Å². The van der Waals surface area contributed by atoms with E-state index in [0.29, 0.717) is 17.5 Å². The van der Waals surface area contributed by atoms with E-state index >= 15 is 0 Å². The number of benzene rings is 9. The van der Waals surface area contributed by atoms with Gasteiger partial charge in [0.25, 0.3) is 0 Å². The summed E-state index contributed by atoms with van der Waals surface area (Å²) < 4.78 is 6.13. The van der Waals surface area contributed by atoms with Crippen LogP contribution in [0.4, 0.5) is 0 Å². The third-order valence-corrected chi connectivity index (χ3v) is 11.8. The molecular weight excluding hydrogens is 771 g/mol. The van der Waals surface area contributed by atoms with E-state index in [2.05, 4.69) is 140 Å². The van der Waals surface area contributed by atoms with E-state index < -0.39 is 0 Å². The summed E-state index contributed by atoms with van der Waals surface area (Å²) in [7, 11) is 0. The van der Waals surface area contributed by atoms with Gasteiger partial charge in [0.1, 0.15) is 11.2 Å². The second-order valence-corrected chi connectivity index (χ2v) is 15.7. The molecule has 0 spiro atoms. The molecule has 12 aromatic rings. The normalized spacial score (nSPS) is 11.5. The predicted octanol–water partition coefficient (Wildman–Crippen LogP) is 14.5. The summed E-state index contributed by atoms with van der Waals surface area (Å²) in [5, 5.41) is 2.13. The highest BCUT2D eigenvalue weighted by molar-refractivity contribution is 6.10. The van der Waals surface area contributed by atoms with Gasteiger partial charge in [0.2, 0.25) is 0 Å². The van der Waals surface area contributed by atoms with Gasteiger partial charge in [0, 0.05) is 39.1 Å². The fraction of sp³-hybridized carbons (Fsp3) is 0. The summed E-state index contributed by atoms with van der Waals surface area (Å²) in [5.74, 6) is 1.90. The van der Waals surface area contributed by atoms with E-state index in [9.17, 15) is 0 Å². The van der Waals surface area contributed by atoms with Crippen LogP contribution in [0.1, 0.15) is 0 Å². The highest BCUT2D eigenvalue weighted by Crippen LogP contribution is 2.35. The third-order valence-electron chi connectivity index (χ3n) is 11.8. The molecule has 63 heavy (non-hydrogen) atoms. The number of fused-ring (bicyclic) bond motifs is 5. The van der Waals surface area contributed by atoms with Crippen molar-refractivity contribution in [3.8, 4) is 78.7 Å². The molecule has 6 nitrogen and oxygen atoms in total. The molecule has 0 aliphatic carbocycles. The molecule has 0 N–H and O–H groups in total. The van der Waals surface area contributed by atoms with Gasteiger partial charge in [0.05, 0.1) is 22.1 Å². The maximum atomic E-state index is 6.13. The van der Waals surface area contributed by atoms with Gasteiger partial charge >= 0.3 is 0 Å². The van der Waals surface area contributed by atoms with Crippen molar-refractivity contribution in [2.24, 2.45) is 0 Å². The maximum Gasteiger partial charge on any atom is 0.164 e. The van der Waals surface area contributed by atoms with E-state index in [1.807, 2.05) is 72.8 Å². The largest absolute Gasteiger partial charge is 0.456 e. The van der Waals surface area contributed by atoms with Crippen LogP contribution in [0.25, 0.3) is 123 Å². The minimum atomic E-state index is 0.629. The Morgan fingerprint density at radius 2 is 0.683 bits per heavy atom. The molecule has 6 heteroatoms. The van der Waals surface area contributed by atoms with E-state index in [1.165, 1.54) is 5.56 Å². The lowest BCUT2D eigenvalue weighted by molar-refractivity contribution is 0.669. The van der Waals surface area contributed by atoms with Crippen molar-refractivity contribution in [2.45, 2.75) is 0 Å². The van der Waals surface area contributed by atoms with E-state index in [-0.39, 0.29) is 0 Å². The maximum absolute atomic E-state index is 6.13. The molecule has 3 aromatic heterocycles. The number of rotatable bonds is 7. The Kier molecular flexibility index (Phi) is 8.71. The van der Waals surface area contributed by atoms with Crippen LogP contribution >= 0.6 is 0 Å². The predicted molar refractivity (Wildman–Crippen MR) is 256 cm³/mol. The van der Waals surface area contributed by atoms with Crippen LogP contribution in [0.15, 0.2) is 217 Å². The van der Waals surface area contributed by atoms with Crippen molar-refractivity contribution in [1.82, 2.24) is 24.9 Å². The summed E-state index contributed by atoms with van der Waals surface area (Å²) in [6, 6.07) is 73.1. The Balaban J connectivity index is 0.806. The first-order valence-electron chi connectivity index (χ1n) is 21.0. The van der Waals surface area contributed by atoms with Crippen LogP contribution < -0.4 is 0 Å². The van der Waals surface area contributed by atoms with Crippen molar-refractivity contribution >= 4 is 44.0 Å². The lowest BCUT2D eigenvalue weighted by Gasteiger charge is -2.10. The number of hydrogen-bond donors (Lipinski definition) is 0. The molecule has 12 rings (SSSR count). The lowest BCUT2D eigenvalue weighted by Crippen LogP contribution is -2.00. The highest BCUT2D eigenvalue weighted by atomic mass is 16.3. The van der Waals surface area contributed by atoms with Gasteiger partial charge in [-0.15, -0.1) is 0 Å². The molecule has 0 aliphatic rings.